The molecule has 0 spiro atoms. The molecule has 1 amide bonds. The van der Waals surface area contributed by atoms with Gasteiger partial charge in [0.25, 0.3) is 0 Å². The highest BCUT2D eigenvalue weighted by Crippen LogP contribution is 2.43. The molecule has 2 aromatic heterocycles. The number of hydrogen-bond acceptors (Lipinski definition) is 4. The lowest BCUT2D eigenvalue weighted by atomic mass is 9.71. The molecule has 1 saturated carbocycles. The summed E-state index contributed by atoms with van der Waals surface area (Å²) in [6.07, 6.45) is 11.0. The van der Waals surface area contributed by atoms with Gasteiger partial charge in [-0.3, -0.25) is 4.79 Å². The molecule has 1 aliphatic heterocycles. The van der Waals surface area contributed by atoms with Crippen LogP contribution in [0.25, 0.3) is 0 Å². The highest BCUT2D eigenvalue weighted by Gasteiger charge is 2.45. The predicted molar refractivity (Wildman–Crippen MR) is 94.0 cm³/mol. The second-order valence-electron chi connectivity index (χ2n) is 7.04. The zero-order valence-electron chi connectivity index (χ0n) is 13.9. The molecule has 1 atom stereocenters. The topological polar surface area (TPSA) is 51.0 Å². The molecule has 2 aromatic rings. The van der Waals surface area contributed by atoms with Crippen LogP contribution < -0.4 is 0 Å². The monoisotopic (exact) mass is 344 g/mol. The number of thiophene rings is 1. The molecule has 0 bridgehead atoms. The van der Waals surface area contributed by atoms with E-state index >= 15 is 0 Å². The highest BCUT2D eigenvalue weighted by molar-refractivity contribution is 7.10. The smallest absolute Gasteiger partial charge is 0.234 e. The van der Waals surface area contributed by atoms with E-state index in [1.807, 2.05) is 4.68 Å². The normalized spacial score (nSPS) is 24.0. The Kier molecular flexibility index (Phi) is 4.39. The quantitative estimate of drug-likeness (QED) is 0.857. The summed E-state index contributed by atoms with van der Waals surface area (Å²) in [5.74, 6) is 0.342. The molecule has 3 heterocycles. The molecular formula is C18H24N4OS. The SMILES string of the molecule is O=C(N1CCC[C@H](n2cncn2)C1)C1(c2cccs2)CCCCC1. The number of hydrogen-bond donors (Lipinski definition) is 0. The van der Waals surface area contributed by atoms with Crippen LogP contribution in [0.1, 0.15) is 55.9 Å². The third-order valence-corrected chi connectivity index (χ3v) is 6.68. The lowest BCUT2D eigenvalue weighted by molar-refractivity contribution is -0.140. The zero-order valence-corrected chi connectivity index (χ0v) is 14.7. The molecule has 24 heavy (non-hydrogen) atoms. The van der Waals surface area contributed by atoms with Crippen molar-refractivity contribution >= 4 is 17.2 Å². The van der Waals surface area contributed by atoms with Gasteiger partial charge in [0.05, 0.1) is 11.5 Å². The van der Waals surface area contributed by atoms with Gasteiger partial charge in [-0.05, 0) is 37.1 Å². The fourth-order valence-corrected chi connectivity index (χ4v) is 5.31. The summed E-state index contributed by atoms with van der Waals surface area (Å²) >= 11 is 1.74. The lowest BCUT2D eigenvalue weighted by Crippen LogP contribution is -2.51. The van der Waals surface area contributed by atoms with Gasteiger partial charge in [0.15, 0.2) is 0 Å². The summed E-state index contributed by atoms with van der Waals surface area (Å²) < 4.78 is 1.91. The minimum absolute atomic E-state index is 0.258. The van der Waals surface area contributed by atoms with Gasteiger partial charge in [-0.1, -0.05) is 25.3 Å². The van der Waals surface area contributed by atoms with E-state index in [1.54, 1.807) is 24.0 Å². The molecule has 0 N–H and O–H groups in total. The van der Waals surface area contributed by atoms with E-state index in [0.717, 1.165) is 51.6 Å². The van der Waals surface area contributed by atoms with Crippen LogP contribution in [0.5, 0.6) is 0 Å². The van der Waals surface area contributed by atoms with Gasteiger partial charge >= 0.3 is 0 Å². The molecule has 128 valence electrons. The van der Waals surface area contributed by atoms with Crippen molar-refractivity contribution in [2.45, 2.75) is 56.4 Å². The molecule has 4 rings (SSSR count). The van der Waals surface area contributed by atoms with E-state index in [2.05, 4.69) is 32.5 Å². The Hall–Kier alpha value is -1.69. The Morgan fingerprint density at radius 3 is 2.83 bits per heavy atom. The fraction of sp³-hybridized carbons (Fsp3) is 0.611. The van der Waals surface area contributed by atoms with Crippen molar-refractivity contribution in [3.63, 3.8) is 0 Å². The molecule has 0 radical (unpaired) electrons. The standard InChI is InChI=1S/C18H24N4OS/c23-17(18(8-2-1-3-9-18)16-7-5-11-24-16)21-10-4-6-15(12-21)22-14-19-13-20-22/h5,7,11,13-15H,1-4,6,8-10,12H2/t15-/m0/s1. The molecule has 6 heteroatoms. The van der Waals surface area contributed by atoms with Crippen molar-refractivity contribution < 1.29 is 4.79 Å². The van der Waals surface area contributed by atoms with Gasteiger partial charge in [0.1, 0.15) is 12.7 Å². The Morgan fingerprint density at radius 2 is 2.12 bits per heavy atom. The van der Waals surface area contributed by atoms with Gasteiger partial charge in [0, 0.05) is 18.0 Å². The van der Waals surface area contributed by atoms with Gasteiger partial charge in [-0.15, -0.1) is 11.3 Å². The Bertz CT molecular complexity index is 661. The first-order valence-corrected chi connectivity index (χ1v) is 9.85. The van der Waals surface area contributed by atoms with Crippen LogP contribution in [0.15, 0.2) is 30.2 Å². The minimum atomic E-state index is -0.281. The number of aromatic nitrogens is 3. The molecule has 1 aliphatic carbocycles. The van der Waals surface area contributed by atoms with Crippen molar-refractivity contribution in [1.82, 2.24) is 19.7 Å². The zero-order chi connectivity index (χ0) is 16.4. The maximum absolute atomic E-state index is 13.6. The summed E-state index contributed by atoms with van der Waals surface area (Å²) in [6, 6.07) is 4.50. The lowest BCUT2D eigenvalue weighted by Gasteiger charge is -2.42. The first kappa shape index (κ1) is 15.8. The van der Waals surface area contributed by atoms with Crippen molar-refractivity contribution in [2.24, 2.45) is 0 Å². The Balaban J connectivity index is 1.58. The average Bonchev–Trinajstić information content (AvgIpc) is 3.35. The number of carbonyl (C=O) groups is 1. The van der Waals surface area contributed by atoms with E-state index in [-0.39, 0.29) is 11.5 Å². The second-order valence-corrected chi connectivity index (χ2v) is 7.99. The summed E-state index contributed by atoms with van der Waals surface area (Å²) in [7, 11) is 0. The van der Waals surface area contributed by atoms with Crippen molar-refractivity contribution in [3.05, 3.63) is 35.0 Å². The van der Waals surface area contributed by atoms with Crippen LogP contribution in [0.2, 0.25) is 0 Å². The Morgan fingerprint density at radius 1 is 1.25 bits per heavy atom. The number of carbonyl (C=O) groups excluding carboxylic acids is 1. The molecule has 1 saturated heterocycles. The molecule has 5 nitrogen and oxygen atoms in total. The van der Waals surface area contributed by atoms with E-state index in [4.69, 9.17) is 0 Å². The van der Waals surface area contributed by atoms with Crippen LogP contribution in [-0.2, 0) is 10.2 Å². The maximum atomic E-state index is 13.6. The van der Waals surface area contributed by atoms with E-state index < -0.39 is 0 Å². The summed E-state index contributed by atoms with van der Waals surface area (Å²) in [6.45, 7) is 1.63. The maximum Gasteiger partial charge on any atom is 0.234 e. The fourth-order valence-electron chi connectivity index (χ4n) is 4.34. The van der Waals surface area contributed by atoms with Crippen molar-refractivity contribution in [3.8, 4) is 0 Å². The van der Waals surface area contributed by atoms with E-state index in [1.165, 1.54) is 11.3 Å². The summed E-state index contributed by atoms with van der Waals surface area (Å²) in [5, 5.41) is 6.39. The van der Waals surface area contributed by atoms with E-state index in [9.17, 15) is 4.79 Å². The highest BCUT2D eigenvalue weighted by atomic mass is 32.1. The molecule has 2 aliphatic rings. The molecule has 2 fully saturated rings. The number of likely N-dealkylation sites (tertiary alicyclic amines) is 1. The molecule has 0 aromatic carbocycles. The first-order chi connectivity index (χ1) is 11.8. The van der Waals surface area contributed by atoms with Crippen LogP contribution >= 0.6 is 11.3 Å². The molecular weight excluding hydrogens is 320 g/mol. The van der Waals surface area contributed by atoms with Gasteiger partial charge in [-0.25, -0.2) is 9.67 Å². The van der Waals surface area contributed by atoms with Crippen LogP contribution in [-0.4, -0.2) is 38.7 Å². The predicted octanol–water partition coefficient (Wildman–Crippen LogP) is 3.41. The number of nitrogens with zero attached hydrogens (tertiary/aromatic N) is 4. The number of amides is 1. The number of rotatable bonds is 3. The van der Waals surface area contributed by atoms with Crippen molar-refractivity contribution in [1.29, 1.82) is 0 Å². The largest absolute Gasteiger partial charge is 0.340 e. The average molecular weight is 344 g/mol. The summed E-state index contributed by atoms with van der Waals surface area (Å²) in [4.78, 5) is 21.0. The van der Waals surface area contributed by atoms with Gasteiger partial charge in [0.2, 0.25) is 5.91 Å². The number of piperidine rings is 1. The van der Waals surface area contributed by atoms with Crippen LogP contribution in [0.4, 0.5) is 0 Å². The second kappa shape index (κ2) is 6.67. The van der Waals surface area contributed by atoms with Crippen molar-refractivity contribution in [2.75, 3.05) is 13.1 Å². The summed E-state index contributed by atoms with van der Waals surface area (Å²) in [5.41, 5.74) is -0.281. The van der Waals surface area contributed by atoms with E-state index in [0.29, 0.717) is 5.91 Å². The van der Waals surface area contributed by atoms with Crippen LogP contribution in [0.3, 0.4) is 0 Å². The van der Waals surface area contributed by atoms with Gasteiger partial charge in [-0.2, -0.15) is 5.10 Å². The molecule has 0 unspecified atom stereocenters. The van der Waals surface area contributed by atoms with Gasteiger partial charge < -0.3 is 4.90 Å². The third-order valence-electron chi connectivity index (χ3n) is 5.60. The van der Waals surface area contributed by atoms with Crippen LogP contribution in [0, 0.1) is 0 Å². The Labute approximate surface area is 146 Å². The first-order valence-electron chi connectivity index (χ1n) is 8.97. The minimum Gasteiger partial charge on any atom is -0.340 e. The third kappa shape index (κ3) is 2.77.